The van der Waals surface area contributed by atoms with Crippen molar-refractivity contribution in [2.24, 2.45) is 0 Å². The van der Waals surface area contributed by atoms with Crippen molar-refractivity contribution in [1.82, 2.24) is 0 Å². The Morgan fingerprint density at radius 1 is 0.975 bits per heavy atom. The van der Waals surface area contributed by atoms with Crippen LogP contribution in [0.25, 0.3) is 0 Å². The zero-order valence-corrected chi connectivity index (χ0v) is 24.0. The Morgan fingerprint density at radius 3 is 2.38 bits per heavy atom. The predicted octanol–water partition coefficient (Wildman–Crippen LogP) is 5.92. The first kappa shape index (κ1) is 30.1. The second kappa shape index (κ2) is 11.9. The van der Waals surface area contributed by atoms with E-state index in [-0.39, 0.29) is 35.4 Å². The van der Waals surface area contributed by atoms with Crippen LogP contribution >= 0.6 is 27.2 Å². The number of phosphoric ester groups is 1. The van der Waals surface area contributed by atoms with Crippen molar-refractivity contribution in [3.05, 3.63) is 93.5 Å². The van der Waals surface area contributed by atoms with Crippen LogP contribution in [0.1, 0.15) is 56.4 Å². The summed E-state index contributed by atoms with van der Waals surface area (Å²) in [5, 5.41) is 3.11. The molecule has 0 spiro atoms. The number of benzene rings is 3. The lowest BCUT2D eigenvalue weighted by Gasteiger charge is -2.25. The highest BCUT2D eigenvalue weighted by Crippen LogP contribution is 2.60. The van der Waals surface area contributed by atoms with Crippen molar-refractivity contribution in [3.63, 3.8) is 0 Å². The van der Waals surface area contributed by atoms with E-state index in [0.717, 1.165) is 5.56 Å². The van der Waals surface area contributed by atoms with Gasteiger partial charge >= 0.3 is 15.6 Å². The minimum absolute atomic E-state index is 0.134. The fourth-order valence-electron chi connectivity index (χ4n) is 4.53. The molecule has 0 saturated carbocycles. The SMILES string of the molecule is Cc1ccccc1C(=O)Nc1ccc(C(=O)N2CCCC(OP(=O)(O)OP(=O)(O)O)c3cc(Cl)ccc32)c(C)c1. The molecule has 2 amide bonds. The molecular weight excluding hydrogens is 582 g/mol. The molecule has 0 bridgehead atoms. The van der Waals surface area contributed by atoms with Gasteiger partial charge in [-0.1, -0.05) is 29.8 Å². The van der Waals surface area contributed by atoms with E-state index in [0.29, 0.717) is 34.5 Å². The Balaban J connectivity index is 1.60. The Bertz CT molecular complexity index is 1560. The standard InChI is InChI=1S/C26H27ClN2O9P2/c1-16-6-3-4-7-20(16)25(30)28-19-10-11-21(17(2)14-19)26(31)29-13-5-8-24(22-15-18(27)9-12-23(22)29)37-40(35,36)38-39(32,33)34/h3-4,6-7,9-12,14-15,24H,5,8,13H2,1-2H3,(H,28,30)(H,35,36)(H2,32,33,34). The average molecular weight is 609 g/mol. The number of amides is 2. The third-order valence-electron chi connectivity index (χ3n) is 6.29. The third-order valence-corrected chi connectivity index (χ3v) is 8.73. The lowest BCUT2D eigenvalue weighted by molar-refractivity contribution is 0.0983. The average Bonchev–Trinajstić information content (AvgIpc) is 3.01. The molecule has 1 aliphatic rings. The largest absolute Gasteiger partial charge is 0.481 e. The number of phosphoric acid groups is 2. The molecule has 0 aromatic heterocycles. The van der Waals surface area contributed by atoms with Gasteiger partial charge in [0.15, 0.2) is 0 Å². The minimum Gasteiger partial charge on any atom is -0.322 e. The maximum atomic E-state index is 13.7. The molecule has 212 valence electrons. The number of rotatable bonds is 7. The van der Waals surface area contributed by atoms with Gasteiger partial charge in [-0.05, 0) is 80.3 Å². The molecule has 11 nitrogen and oxygen atoms in total. The van der Waals surface area contributed by atoms with Crippen molar-refractivity contribution in [3.8, 4) is 0 Å². The summed E-state index contributed by atoms with van der Waals surface area (Å²) in [5.41, 5.74) is 3.49. The van der Waals surface area contributed by atoms with Crippen LogP contribution in [0.15, 0.2) is 60.7 Å². The van der Waals surface area contributed by atoms with Crippen molar-refractivity contribution in [1.29, 1.82) is 0 Å². The van der Waals surface area contributed by atoms with Crippen LogP contribution in [0.2, 0.25) is 5.02 Å². The fourth-order valence-corrected chi connectivity index (χ4v) is 6.48. The van der Waals surface area contributed by atoms with E-state index in [2.05, 4.69) is 9.63 Å². The van der Waals surface area contributed by atoms with E-state index >= 15 is 0 Å². The predicted molar refractivity (Wildman–Crippen MR) is 149 cm³/mol. The molecule has 3 aromatic carbocycles. The topological polar surface area (TPSA) is 163 Å². The molecule has 40 heavy (non-hydrogen) atoms. The Kier molecular flexibility index (Phi) is 8.99. The van der Waals surface area contributed by atoms with E-state index in [4.69, 9.17) is 25.9 Å². The Morgan fingerprint density at radius 2 is 1.70 bits per heavy atom. The maximum Gasteiger partial charge on any atom is 0.481 e. The lowest BCUT2D eigenvalue weighted by Crippen LogP contribution is -2.32. The summed E-state index contributed by atoms with van der Waals surface area (Å²) in [5.74, 6) is -0.637. The summed E-state index contributed by atoms with van der Waals surface area (Å²) in [7, 11) is -10.5. The summed E-state index contributed by atoms with van der Waals surface area (Å²) in [4.78, 5) is 55.8. The fraction of sp³-hybridized carbons (Fsp3) is 0.231. The highest BCUT2D eigenvalue weighted by Gasteiger charge is 2.38. The number of halogens is 1. The second-order valence-corrected chi connectivity index (χ2v) is 12.5. The van der Waals surface area contributed by atoms with Crippen LogP contribution in [0, 0.1) is 13.8 Å². The molecule has 1 aliphatic heterocycles. The molecule has 2 atom stereocenters. The van der Waals surface area contributed by atoms with E-state index in [1.165, 1.54) is 11.0 Å². The number of hydrogen-bond donors (Lipinski definition) is 4. The lowest BCUT2D eigenvalue weighted by atomic mass is 10.0. The Labute approximate surface area is 235 Å². The number of hydrogen-bond acceptors (Lipinski definition) is 6. The summed E-state index contributed by atoms with van der Waals surface area (Å²) in [6.45, 7) is 3.80. The normalized spacial score (nSPS) is 16.9. The van der Waals surface area contributed by atoms with E-state index in [9.17, 15) is 23.6 Å². The highest BCUT2D eigenvalue weighted by atomic mass is 35.5. The van der Waals surface area contributed by atoms with Gasteiger partial charge in [0.05, 0.1) is 6.10 Å². The molecule has 0 aliphatic carbocycles. The first-order valence-corrected chi connectivity index (χ1v) is 15.5. The van der Waals surface area contributed by atoms with Gasteiger partial charge in [-0.15, -0.1) is 0 Å². The van der Waals surface area contributed by atoms with Crippen molar-refractivity contribution in [2.45, 2.75) is 32.8 Å². The quantitative estimate of drug-likeness (QED) is 0.239. The molecule has 1 heterocycles. The van der Waals surface area contributed by atoms with E-state index in [1.807, 2.05) is 19.1 Å². The highest BCUT2D eigenvalue weighted by molar-refractivity contribution is 7.60. The van der Waals surface area contributed by atoms with Gasteiger partial charge in [0.1, 0.15) is 0 Å². The van der Waals surface area contributed by atoms with Crippen LogP contribution in [-0.4, -0.2) is 33.0 Å². The second-order valence-electron chi connectivity index (χ2n) is 9.24. The molecule has 3 aromatic rings. The van der Waals surface area contributed by atoms with Crippen molar-refractivity contribution in [2.75, 3.05) is 16.8 Å². The number of fused-ring (bicyclic) bond motifs is 1. The Hall–Kier alpha value is -2.85. The van der Waals surface area contributed by atoms with Crippen LogP contribution in [-0.2, 0) is 18.0 Å². The number of aryl methyl sites for hydroxylation is 2. The van der Waals surface area contributed by atoms with Crippen LogP contribution < -0.4 is 10.2 Å². The van der Waals surface area contributed by atoms with Gasteiger partial charge in [0, 0.05) is 39.6 Å². The number of anilines is 2. The third kappa shape index (κ3) is 7.26. The molecule has 2 unspecified atom stereocenters. The molecule has 14 heteroatoms. The number of carbonyl (C=O) groups is 2. The number of nitrogens with zero attached hydrogens (tertiary/aromatic N) is 1. The number of carbonyl (C=O) groups excluding carboxylic acids is 2. The smallest absolute Gasteiger partial charge is 0.322 e. The van der Waals surface area contributed by atoms with Crippen LogP contribution in [0.3, 0.4) is 0 Å². The maximum absolute atomic E-state index is 13.7. The van der Waals surface area contributed by atoms with Gasteiger partial charge < -0.3 is 24.9 Å². The summed E-state index contributed by atoms with van der Waals surface area (Å²) >= 11 is 6.17. The van der Waals surface area contributed by atoms with E-state index < -0.39 is 21.7 Å². The first-order chi connectivity index (χ1) is 18.7. The minimum atomic E-state index is -5.32. The summed E-state index contributed by atoms with van der Waals surface area (Å²) in [6, 6.07) is 16.7. The van der Waals surface area contributed by atoms with Crippen LogP contribution in [0.4, 0.5) is 11.4 Å². The van der Waals surface area contributed by atoms with Crippen LogP contribution in [0.5, 0.6) is 0 Å². The van der Waals surface area contributed by atoms with Gasteiger partial charge in [-0.3, -0.25) is 14.1 Å². The van der Waals surface area contributed by atoms with E-state index in [1.54, 1.807) is 49.4 Å². The molecule has 4 N–H and O–H groups in total. The molecule has 0 saturated heterocycles. The molecule has 0 fully saturated rings. The number of nitrogens with one attached hydrogen (secondary N) is 1. The van der Waals surface area contributed by atoms with Gasteiger partial charge in [0.2, 0.25) is 0 Å². The first-order valence-electron chi connectivity index (χ1n) is 12.1. The summed E-state index contributed by atoms with van der Waals surface area (Å²) < 4.78 is 32.5. The van der Waals surface area contributed by atoms with Gasteiger partial charge in [-0.2, -0.15) is 4.31 Å². The zero-order chi connectivity index (χ0) is 29.2. The zero-order valence-electron chi connectivity index (χ0n) is 21.5. The van der Waals surface area contributed by atoms with Gasteiger partial charge in [0.25, 0.3) is 11.8 Å². The van der Waals surface area contributed by atoms with Gasteiger partial charge in [-0.25, -0.2) is 9.13 Å². The van der Waals surface area contributed by atoms with Crippen molar-refractivity contribution >= 4 is 50.4 Å². The molecule has 0 radical (unpaired) electrons. The molecular formula is C26H27ClN2O9P2. The monoisotopic (exact) mass is 608 g/mol. The van der Waals surface area contributed by atoms with Crippen molar-refractivity contribution < 1.29 is 42.2 Å². The summed E-state index contributed by atoms with van der Waals surface area (Å²) in [6.07, 6.45) is -0.689. The molecule has 4 rings (SSSR count).